The van der Waals surface area contributed by atoms with Crippen LogP contribution in [0, 0.1) is 0 Å². The quantitative estimate of drug-likeness (QED) is 0.167. The Labute approximate surface area is 452 Å². The highest BCUT2D eigenvalue weighted by Gasteiger charge is 2.25. The van der Waals surface area contributed by atoms with E-state index in [-0.39, 0.29) is 0 Å². The van der Waals surface area contributed by atoms with Gasteiger partial charge in [-0.25, -0.2) is 4.98 Å². The molecule has 0 fully saturated rings. The van der Waals surface area contributed by atoms with Crippen molar-refractivity contribution in [2.45, 2.75) is 6.42 Å². The third-order valence-electron chi connectivity index (χ3n) is 16.4. The Bertz CT molecular complexity index is 5190. The van der Waals surface area contributed by atoms with Crippen molar-refractivity contribution < 1.29 is 0 Å². The van der Waals surface area contributed by atoms with Gasteiger partial charge >= 0.3 is 0 Å². The van der Waals surface area contributed by atoms with E-state index in [0.29, 0.717) is 17.6 Å². The summed E-state index contributed by atoms with van der Waals surface area (Å²) >= 11 is 0. The Morgan fingerprint density at radius 3 is 1.35 bits per heavy atom. The van der Waals surface area contributed by atoms with Gasteiger partial charge in [0.1, 0.15) is 0 Å². The van der Waals surface area contributed by atoms with Crippen LogP contribution < -0.4 is 10.4 Å². The Kier molecular flexibility index (Phi) is 9.35. The first-order chi connectivity index (χ1) is 39.2. The lowest BCUT2D eigenvalue weighted by molar-refractivity contribution is 0.935. The highest BCUT2D eigenvalue weighted by Crippen LogP contribution is 2.44. The van der Waals surface area contributed by atoms with Gasteiger partial charge in [-0.2, -0.15) is 9.97 Å². The van der Waals surface area contributed by atoms with Crippen molar-refractivity contribution in [3.63, 3.8) is 0 Å². The van der Waals surface area contributed by atoms with Crippen molar-refractivity contribution in [3.05, 3.63) is 265 Å². The van der Waals surface area contributed by atoms with Crippen molar-refractivity contribution in [2.75, 3.05) is 0 Å². The molecule has 5 aromatic heterocycles. The van der Waals surface area contributed by atoms with Gasteiger partial charge in [0, 0.05) is 54.2 Å². The molecule has 0 N–H and O–H groups in total. The summed E-state index contributed by atoms with van der Waals surface area (Å²) in [5.41, 5.74) is 13.9. The maximum absolute atomic E-state index is 5.55. The zero-order valence-electron chi connectivity index (χ0n) is 42.7. The van der Waals surface area contributed by atoms with E-state index in [2.05, 4.69) is 279 Å². The minimum Gasteiger partial charge on any atom is -0.309 e. The summed E-state index contributed by atoms with van der Waals surface area (Å²) in [7, 11) is 0. The average Bonchev–Trinajstić information content (AvgIpc) is 4.27. The number of allylic oxidation sites excluding steroid dienone is 2. The van der Waals surface area contributed by atoms with Gasteiger partial charge in [-0.1, -0.05) is 188 Å². The first-order valence-corrected chi connectivity index (χ1v) is 27.0. The van der Waals surface area contributed by atoms with Crippen LogP contribution >= 0.6 is 0 Å². The number of para-hydroxylation sites is 6. The van der Waals surface area contributed by atoms with Crippen LogP contribution in [0.3, 0.4) is 0 Å². The summed E-state index contributed by atoms with van der Waals surface area (Å²) in [6.07, 6.45) is 7.49. The lowest BCUT2D eigenvalue weighted by atomic mass is 10.1. The first kappa shape index (κ1) is 43.6. The zero-order chi connectivity index (χ0) is 51.7. The van der Waals surface area contributed by atoms with Crippen LogP contribution in [-0.2, 0) is 0 Å². The molecule has 16 aromatic rings. The molecule has 5 heterocycles. The van der Waals surface area contributed by atoms with Gasteiger partial charge in [0.2, 0.25) is 5.95 Å². The Morgan fingerprint density at radius 2 is 0.759 bits per heavy atom. The number of hydrogen-bond donors (Lipinski definition) is 0. The smallest absolute Gasteiger partial charge is 0.238 e. The fourth-order valence-electron chi connectivity index (χ4n) is 12.9. The van der Waals surface area contributed by atoms with Crippen LogP contribution in [-0.4, -0.2) is 33.2 Å². The predicted molar refractivity (Wildman–Crippen MR) is 327 cm³/mol. The molecule has 0 saturated heterocycles. The fourth-order valence-corrected chi connectivity index (χ4v) is 12.9. The molecule has 0 aliphatic heterocycles. The van der Waals surface area contributed by atoms with E-state index in [9.17, 15) is 0 Å². The minimum atomic E-state index is 0.557. The number of hydrogen-bond acceptors (Lipinski definition) is 3. The van der Waals surface area contributed by atoms with Gasteiger partial charge in [-0.3, -0.25) is 4.57 Å². The van der Waals surface area contributed by atoms with E-state index in [1.807, 2.05) is 0 Å². The molecular weight excluding hydrogens is 963 g/mol. The molecule has 7 nitrogen and oxygen atoms in total. The third-order valence-corrected chi connectivity index (χ3v) is 16.4. The monoisotopic (exact) mass is 1010 g/mol. The molecule has 0 saturated carbocycles. The first-order valence-electron chi connectivity index (χ1n) is 27.0. The topological polar surface area (TPSA) is 58.4 Å². The molecule has 0 unspecified atom stereocenters. The molecule has 0 amide bonds. The predicted octanol–water partition coefficient (Wildman–Crippen LogP) is 16.1. The molecule has 368 valence electrons. The van der Waals surface area contributed by atoms with Crippen LogP contribution in [0.5, 0.6) is 0 Å². The number of fused-ring (bicyclic) bond motifs is 15. The van der Waals surface area contributed by atoms with E-state index in [0.717, 1.165) is 116 Å². The average molecular weight is 1010 g/mol. The third kappa shape index (κ3) is 6.57. The normalized spacial score (nSPS) is 12.8. The Balaban J connectivity index is 0.976. The molecule has 0 bridgehead atoms. The van der Waals surface area contributed by atoms with Crippen LogP contribution in [0.25, 0.3) is 150 Å². The van der Waals surface area contributed by atoms with Crippen LogP contribution in [0.1, 0.15) is 12.2 Å². The molecule has 11 aromatic carbocycles. The van der Waals surface area contributed by atoms with Gasteiger partial charge in [0.25, 0.3) is 0 Å². The van der Waals surface area contributed by atoms with Gasteiger partial charge in [0.05, 0.1) is 61.2 Å². The molecule has 0 atom stereocenters. The molecular formula is C72H45N7. The van der Waals surface area contributed by atoms with Crippen molar-refractivity contribution in [3.8, 4) is 34.4 Å². The largest absolute Gasteiger partial charge is 0.309 e. The van der Waals surface area contributed by atoms with Gasteiger partial charge in [0.15, 0.2) is 11.6 Å². The summed E-state index contributed by atoms with van der Waals surface area (Å²) in [6.45, 7) is 0. The minimum absolute atomic E-state index is 0.557. The van der Waals surface area contributed by atoms with Crippen LogP contribution in [0.15, 0.2) is 249 Å². The molecule has 1 aliphatic carbocycles. The maximum atomic E-state index is 5.55. The number of rotatable bonds is 6. The summed E-state index contributed by atoms with van der Waals surface area (Å²) in [4.78, 5) is 16.4. The number of nitrogens with zero attached hydrogens (tertiary/aromatic N) is 7. The highest BCUT2D eigenvalue weighted by molar-refractivity contribution is 6.26. The lowest BCUT2D eigenvalue weighted by Crippen LogP contribution is -2.23. The van der Waals surface area contributed by atoms with Gasteiger partial charge < -0.3 is 13.7 Å². The molecule has 7 heteroatoms. The summed E-state index contributed by atoms with van der Waals surface area (Å²) < 4.78 is 9.66. The zero-order valence-corrected chi connectivity index (χ0v) is 42.7. The van der Waals surface area contributed by atoms with E-state index < -0.39 is 0 Å². The van der Waals surface area contributed by atoms with Gasteiger partial charge in [-0.05, 0) is 100 Å². The fraction of sp³-hybridized carbons (Fsp3) is 0.0139. The summed E-state index contributed by atoms with van der Waals surface area (Å²) in [5, 5.41) is 14.0. The van der Waals surface area contributed by atoms with E-state index in [4.69, 9.17) is 15.0 Å². The van der Waals surface area contributed by atoms with Crippen molar-refractivity contribution in [1.82, 2.24) is 33.2 Å². The maximum Gasteiger partial charge on any atom is 0.238 e. The van der Waals surface area contributed by atoms with Crippen molar-refractivity contribution >= 4 is 116 Å². The van der Waals surface area contributed by atoms with E-state index in [1.165, 1.54) is 26.8 Å². The second-order valence-electron chi connectivity index (χ2n) is 20.7. The van der Waals surface area contributed by atoms with Crippen molar-refractivity contribution in [2.24, 2.45) is 0 Å². The second-order valence-corrected chi connectivity index (χ2v) is 20.7. The highest BCUT2D eigenvalue weighted by atomic mass is 15.2. The summed E-state index contributed by atoms with van der Waals surface area (Å²) in [6, 6.07) is 87.9. The van der Waals surface area contributed by atoms with Crippen molar-refractivity contribution in [1.29, 1.82) is 0 Å². The number of benzene rings is 11. The SMILES string of the molecule is C1=C(c2nc(-c3ccc4ccccc4c3)nc(-n3c4ccccc4c4ccc5c(c6ccccc6n5-c5cc(-n6c7ccccc7c7ccccc76)cc(-n6c7ccccc7c7ccccc76)c5)c43)n2)C=c2ccccc2=CC1. The standard InChI is InChI=1S/C72H45N7/c1-3-20-47-40-49(23-17-22-45(47)18-1)70-73-71(50-37-36-46-19-2-4-21-48(46)41-50)75-72(74-70)79-65-34-15-9-28-58(65)59-38-39-67-68(69(59)79)60-29-10-16-35-66(60)78(67)53-43-51(76-61-30-11-5-24-54(61)55-25-6-12-31-62(55)76)42-52(44-53)77-63-32-13-7-26-56(63)57-27-8-14-33-64(57)77/h1-16,18-44H,17H2. The lowest BCUT2D eigenvalue weighted by Gasteiger charge is -2.17. The Morgan fingerprint density at radius 1 is 0.304 bits per heavy atom. The Hall–Kier alpha value is -10.6. The molecule has 17 rings (SSSR count). The van der Waals surface area contributed by atoms with E-state index >= 15 is 0 Å². The molecule has 79 heavy (non-hydrogen) atoms. The summed E-state index contributed by atoms with van der Waals surface area (Å²) in [5.74, 6) is 1.79. The second kappa shape index (κ2) is 16.9. The molecule has 1 aliphatic rings. The molecule has 0 spiro atoms. The van der Waals surface area contributed by atoms with Gasteiger partial charge in [-0.15, -0.1) is 0 Å². The van der Waals surface area contributed by atoms with Crippen LogP contribution in [0.4, 0.5) is 0 Å². The number of aromatic nitrogens is 7. The molecule has 0 radical (unpaired) electrons. The van der Waals surface area contributed by atoms with Crippen LogP contribution in [0.2, 0.25) is 0 Å². The van der Waals surface area contributed by atoms with E-state index in [1.54, 1.807) is 0 Å².